The quantitative estimate of drug-likeness (QED) is 0.248. The van der Waals surface area contributed by atoms with E-state index in [2.05, 4.69) is 45.4 Å². The van der Waals surface area contributed by atoms with E-state index < -0.39 is 50.9 Å². The van der Waals surface area contributed by atoms with E-state index in [0.717, 1.165) is 64.2 Å². The van der Waals surface area contributed by atoms with Gasteiger partial charge >= 0.3 is 10.2 Å². The van der Waals surface area contributed by atoms with E-state index in [-0.39, 0.29) is 64.1 Å². The van der Waals surface area contributed by atoms with E-state index in [1.54, 1.807) is 11.0 Å². The van der Waals surface area contributed by atoms with Crippen LogP contribution in [0.3, 0.4) is 0 Å². The molecule has 4 aliphatic carbocycles. The van der Waals surface area contributed by atoms with E-state index in [1.807, 2.05) is 20.8 Å². The third kappa shape index (κ3) is 6.65. The number of rotatable bonds is 14. The molecule has 3 amide bonds. The highest BCUT2D eigenvalue weighted by atomic mass is 32.2. The highest BCUT2D eigenvalue weighted by molar-refractivity contribution is 7.87. The van der Waals surface area contributed by atoms with Crippen LogP contribution in [-0.2, 0) is 29.4 Å². The lowest BCUT2D eigenvalue weighted by Crippen LogP contribution is -2.51. The van der Waals surface area contributed by atoms with Gasteiger partial charge in [-0.1, -0.05) is 71.5 Å². The molecule has 6 fully saturated rings. The van der Waals surface area contributed by atoms with E-state index in [1.165, 1.54) is 10.5 Å². The molecule has 2 spiro atoms. The summed E-state index contributed by atoms with van der Waals surface area (Å²) in [6, 6.07) is -1.66. The lowest BCUT2D eigenvalue weighted by Gasteiger charge is -2.37. The van der Waals surface area contributed by atoms with Gasteiger partial charge in [-0.15, -0.1) is 6.58 Å². The number of Topliss-reactive ketones (excluding diaryl/α,β-unsaturated/α-hetero) is 2. The first-order chi connectivity index (χ1) is 26.3. The van der Waals surface area contributed by atoms with Crippen molar-refractivity contribution in [1.82, 2.24) is 29.6 Å². The first-order valence-corrected chi connectivity index (χ1v) is 22.2. The number of nitrogens with one attached hydrogen (secondary N) is 2. The highest BCUT2D eigenvalue weighted by Crippen LogP contribution is 2.88. The standard InChI is InChI=1S/C41H60N6O8S/c1-7-27-21-39(27,36(52)45-56(53,54)46-18-11-12-19-46)23-32(49)30-22-41(38(5,6)40(41)16-13-17-40)25-47(30)35(51)28(37(2,3)4)20-31(48)33(26-14-9-8-10-15-26)43-34(50)29-24-42-55-44-29/h7,24,26-28,30,33H,1,8-23,25H2,2-6H3,(H,43,50)(H,45,52)/t27-,28-,30+,33+,39-,41-/m1/s1. The molecule has 6 aliphatic rings. The van der Waals surface area contributed by atoms with E-state index in [0.29, 0.717) is 32.5 Å². The van der Waals surface area contributed by atoms with Crippen LogP contribution < -0.4 is 10.0 Å². The summed E-state index contributed by atoms with van der Waals surface area (Å²) in [6.07, 6.45) is 12.3. The summed E-state index contributed by atoms with van der Waals surface area (Å²) < 4.78 is 34.5. The first kappa shape index (κ1) is 40.7. The largest absolute Gasteiger partial charge is 0.340 e. The van der Waals surface area contributed by atoms with Crippen molar-refractivity contribution in [2.45, 2.75) is 137 Å². The maximum absolute atomic E-state index is 15.2. The van der Waals surface area contributed by atoms with Crippen LogP contribution in [0.25, 0.3) is 0 Å². The molecule has 0 bridgehead atoms. The number of fused-ring (bicyclic) bond motifs is 1. The van der Waals surface area contributed by atoms with Crippen molar-refractivity contribution in [1.29, 1.82) is 0 Å². The minimum absolute atomic E-state index is 0.00897. The van der Waals surface area contributed by atoms with Gasteiger partial charge in [0.1, 0.15) is 6.20 Å². The number of nitrogens with zero attached hydrogens (tertiary/aromatic N) is 4. The predicted octanol–water partition coefficient (Wildman–Crippen LogP) is 4.78. The topological polar surface area (TPSA) is 189 Å². The van der Waals surface area contributed by atoms with Crippen molar-refractivity contribution in [2.24, 2.45) is 44.8 Å². The van der Waals surface area contributed by atoms with Crippen molar-refractivity contribution in [3.63, 3.8) is 0 Å². The molecule has 14 nitrogen and oxygen atoms in total. The molecular weight excluding hydrogens is 737 g/mol. The van der Waals surface area contributed by atoms with Gasteiger partial charge in [-0.05, 0) is 84.6 Å². The van der Waals surface area contributed by atoms with Gasteiger partial charge in [0, 0.05) is 43.8 Å². The average Bonchev–Trinajstić information content (AvgIpc) is 3.58. The first-order valence-electron chi connectivity index (χ1n) is 20.7. The molecule has 4 saturated carbocycles. The fraction of sp³-hybridized carbons (Fsp3) is 0.780. The molecule has 3 heterocycles. The van der Waals surface area contributed by atoms with Gasteiger partial charge in [0.25, 0.3) is 5.91 Å². The lowest BCUT2D eigenvalue weighted by molar-refractivity contribution is -0.146. The minimum Gasteiger partial charge on any atom is -0.340 e. The predicted molar refractivity (Wildman–Crippen MR) is 206 cm³/mol. The molecule has 2 N–H and O–H groups in total. The second-order valence-electron chi connectivity index (χ2n) is 19.4. The summed E-state index contributed by atoms with van der Waals surface area (Å²) in [5.41, 5.74) is -2.38. The molecule has 56 heavy (non-hydrogen) atoms. The zero-order valence-corrected chi connectivity index (χ0v) is 34.5. The number of amides is 3. The van der Waals surface area contributed by atoms with Gasteiger partial charge in [0.15, 0.2) is 17.3 Å². The monoisotopic (exact) mass is 796 g/mol. The molecule has 0 aromatic carbocycles. The lowest BCUT2D eigenvalue weighted by atomic mass is 9.73. The van der Waals surface area contributed by atoms with Gasteiger partial charge in [-0.2, -0.15) is 12.7 Å². The van der Waals surface area contributed by atoms with Crippen LogP contribution in [0, 0.1) is 44.8 Å². The molecule has 1 aromatic rings. The second-order valence-corrected chi connectivity index (χ2v) is 21.1. The summed E-state index contributed by atoms with van der Waals surface area (Å²) in [5, 5.41) is 10.1. The molecule has 1 aromatic heterocycles. The SMILES string of the molecule is C=C[C@@H]1C[C@]1(CC(=O)[C@@H]1C[C@@]2(CN1C(=O)[C@@H](CC(=O)[C@@H](NC(=O)c1cnon1)C1CCCCC1)C(C)(C)C)C(C)(C)C21CCC1)C(=O)NS(=O)(=O)N1CCCC1. The number of ketones is 2. The molecule has 0 radical (unpaired) electrons. The Balaban J connectivity index is 1.16. The number of aromatic nitrogens is 2. The molecule has 308 valence electrons. The third-order valence-corrected chi connectivity index (χ3v) is 17.0. The summed E-state index contributed by atoms with van der Waals surface area (Å²) in [7, 11) is -4.07. The molecule has 0 unspecified atom stereocenters. The minimum atomic E-state index is -4.07. The molecule has 6 atom stereocenters. The molecular formula is C41H60N6O8S. The number of hydrogen-bond acceptors (Lipinski definition) is 10. The zero-order chi connectivity index (χ0) is 40.5. The van der Waals surface area contributed by atoms with Crippen LogP contribution >= 0.6 is 0 Å². The van der Waals surface area contributed by atoms with Crippen LogP contribution in [0.15, 0.2) is 23.5 Å². The van der Waals surface area contributed by atoms with Crippen LogP contribution in [0.2, 0.25) is 0 Å². The van der Waals surface area contributed by atoms with E-state index in [9.17, 15) is 27.6 Å². The van der Waals surface area contributed by atoms with Gasteiger partial charge in [-0.25, -0.2) is 9.35 Å². The van der Waals surface area contributed by atoms with Crippen LogP contribution in [-0.4, -0.2) is 88.9 Å². The fourth-order valence-corrected chi connectivity index (χ4v) is 13.0. The maximum atomic E-state index is 15.2. The van der Waals surface area contributed by atoms with E-state index in [4.69, 9.17) is 0 Å². The highest BCUT2D eigenvalue weighted by Gasteiger charge is 2.85. The summed E-state index contributed by atoms with van der Waals surface area (Å²) in [6.45, 7) is 15.2. The molecule has 2 aliphatic heterocycles. The Morgan fingerprint density at radius 3 is 2.21 bits per heavy atom. The number of carbonyl (C=O) groups excluding carboxylic acids is 5. The van der Waals surface area contributed by atoms with Gasteiger partial charge in [-0.3, -0.25) is 24.0 Å². The van der Waals surface area contributed by atoms with Gasteiger partial charge in [0.2, 0.25) is 11.8 Å². The Labute approximate surface area is 330 Å². The number of carbonyl (C=O) groups is 5. The molecule has 15 heteroatoms. The number of likely N-dealkylation sites (tertiary alicyclic amines) is 1. The molecule has 2 saturated heterocycles. The Kier molecular flexibility index (Phi) is 10.5. The normalized spacial score (nSPS) is 30.7. The van der Waals surface area contributed by atoms with Crippen LogP contribution in [0.1, 0.15) is 135 Å². The van der Waals surface area contributed by atoms with Crippen LogP contribution in [0.4, 0.5) is 0 Å². The maximum Gasteiger partial charge on any atom is 0.303 e. The summed E-state index contributed by atoms with van der Waals surface area (Å²) in [5.74, 6) is -3.33. The van der Waals surface area contributed by atoms with Crippen molar-refractivity contribution < 1.29 is 37.0 Å². The Morgan fingerprint density at radius 1 is 1.00 bits per heavy atom. The molecule has 7 rings (SSSR count). The van der Waals surface area contributed by atoms with Gasteiger partial charge in [0.05, 0.1) is 17.5 Å². The smallest absolute Gasteiger partial charge is 0.303 e. The summed E-state index contributed by atoms with van der Waals surface area (Å²) >= 11 is 0. The Hall–Kier alpha value is -3.46. The average molecular weight is 797 g/mol. The van der Waals surface area contributed by atoms with Crippen molar-refractivity contribution in [3.05, 3.63) is 24.5 Å². The van der Waals surface area contributed by atoms with Crippen molar-refractivity contribution in [2.75, 3.05) is 19.6 Å². The number of allylic oxidation sites excluding steroid dienone is 1. The Morgan fingerprint density at radius 2 is 1.68 bits per heavy atom. The van der Waals surface area contributed by atoms with Crippen LogP contribution in [0.5, 0.6) is 0 Å². The van der Waals surface area contributed by atoms with E-state index >= 15 is 4.79 Å². The van der Waals surface area contributed by atoms with Gasteiger partial charge < -0.3 is 10.2 Å². The second kappa shape index (κ2) is 14.4. The third-order valence-electron chi connectivity index (χ3n) is 15.6. The summed E-state index contributed by atoms with van der Waals surface area (Å²) in [4.78, 5) is 73.2. The van der Waals surface area contributed by atoms with Crippen molar-refractivity contribution in [3.8, 4) is 0 Å². The number of hydrogen-bond donors (Lipinski definition) is 2. The fourth-order valence-electron chi connectivity index (χ4n) is 11.6. The van der Waals surface area contributed by atoms with Crippen molar-refractivity contribution >= 4 is 39.5 Å². The Bertz CT molecular complexity index is 1860. The zero-order valence-electron chi connectivity index (χ0n) is 33.7.